The third-order valence-corrected chi connectivity index (χ3v) is 5.00. The first-order valence-electron chi connectivity index (χ1n) is 9.91. The summed E-state index contributed by atoms with van der Waals surface area (Å²) in [5.74, 6) is 1.46. The van der Waals surface area contributed by atoms with Crippen molar-refractivity contribution in [2.24, 2.45) is 4.99 Å². The van der Waals surface area contributed by atoms with Gasteiger partial charge in [0.25, 0.3) is 0 Å². The van der Waals surface area contributed by atoms with E-state index < -0.39 is 6.10 Å². The van der Waals surface area contributed by atoms with Crippen molar-refractivity contribution in [2.75, 3.05) is 19.6 Å². The summed E-state index contributed by atoms with van der Waals surface area (Å²) in [5.41, 5.74) is 1.90. The van der Waals surface area contributed by atoms with Crippen molar-refractivity contribution in [3.63, 3.8) is 0 Å². The first-order valence-corrected chi connectivity index (χ1v) is 10.8. The van der Waals surface area contributed by atoms with Crippen LogP contribution in [0.3, 0.4) is 0 Å². The van der Waals surface area contributed by atoms with Gasteiger partial charge in [0.15, 0.2) is 5.96 Å². The number of aromatic nitrogens is 1. The van der Waals surface area contributed by atoms with Gasteiger partial charge in [-0.25, -0.2) is 4.98 Å². The van der Waals surface area contributed by atoms with Crippen LogP contribution in [0.5, 0.6) is 5.75 Å². The number of benzene rings is 1. The lowest BCUT2D eigenvalue weighted by Crippen LogP contribution is -2.38. The van der Waals surface area contributed by atoms with E-state index >= 15 is 0 Å². The van der Waals surface area contributed by atoms with E-state index in [1.54, 1.807) is 11.3 Å². The molecular formula is C21H33IN4O2S. The van der Waals surface area contributed by atoms with Crippen molar-refractivity contribution in [1.82, 2.24) is 15.6 Å². The quantitative estimate of drug-likeness (QED) is 0.246. The highest BCUT2D eigenvalue weighted by Crippen LogP contribution is 2.20. The van der Waals surface area contributed by atoms with Crippen molar-refractivity contribution in [2.45, 2.75) is 52.7 Å². The Morgan fingerprint density at radius 3 is 2.72 bits per heavy atom. The second-order valence-corrected chi connectivity index (χ2v) is 7.68. The van der Waals surface area contributed by atoms with E-state index in [1.807, 2.05) is 45.0 Å². The molecular weight excluding hydrogens is 499 g/mol. The van der Waals surface area contributed by atoms with E-state index in [4.69, 9.17) is 4.74 Å². The SMILES string of the molecule is CCNC(=NCC(O)c1cccc(OC(C)C)c1)NCCc1csc(CC)n1.I. The Morgan fingerprint density at radius 2 is 2.07 bits per heavy atom. The van der Waals surface area contributed by atoms with Crippen LogP contribution in [-0.4, -0.2) is 41.8 Å². The van der Waals surface area contributed by atoms with E-state index in [-0.39, 0.29) is 36.6 Å². The van der Waals surface area contributed by atoms with Crippen LogP contribution in [-0.2, 0) is 12.8 Å². The van der Waals surface area contributed by atoms with Crippen LogP contribution < -0.4 is 15.4 Å². The summed E-state index contributed by atoms with van der Waals surface area (Å²) in [5, 5.41) is 20.3. The van der Waals surface area contributed by atoms with Gasteiger partial charge in [-0.3, -0.25) is 4.99 Å². The van der Waals surface area contributed by atoms with Gasteiger partial charge in [0.05, 0.1) is 29.5 Å². The zero-order chi connectivity index (χ0) is 20.4. The number of nitrogens with one attached hydrogen (secondary N) is 2. The van der Waals surface area contributed by atoms with Crippen LogP contribution in [0.4, 0.5) is 0 Å². The largest absolute Gasteiger partial charge is 0.491 e. The number of thiazole rings is 1. The van der Waals surface area contributed by atoms with Crippen molar-refractivity contribution < 1.29 is 9.84 Å². The van der Waals surface area contributed by atoms with Crippen LogP contribution in [0.15, 0.2) is 34.6 Å². The average molecular weight is 532 g/mol. The maximum atomic E-state index is 10.5. The fraction of sp³-hybridized carbons (Fsp3) is 0.524. The van der Waals surface area contributed by atoms with Crippen molar-refractivity contribution >= 4 is 41.3 Å². The maximum absolute atomic E-state index is 10.5. The summed E-state index contributed by atoms with van der Waals surface area (Å²) in [6, 6.07) is 7.55. The first kappa shape index (κ1) is 25.6. The molecule has 0 saturated heterocycles. The van der Waals surface area contributed by atoms with Gasteiger partial charge in [-0.1, -0.05) is 19.1 Å². The molecule has 8 heteroatoms. The lowest BCUT2D eigenvalue weighted by molar-refractivity contribution is 0.185. The smallest absolute Gasteiger partial charge is 0.191 e. The molecule has 1 aromatic heterocycles. The van der Waals surface area contributed by atoms with Gasteiger partial charge < -0.3 is 20.5 Å². The molecule has 1 heterocycles. The van der Waals surface area contributed by atoms with Crippen LogP contribution in [0.1, 0.15) is 50.1 Å². The molecule has 0 spiro atoms. The van der Waals surface area contributed by atoms with Gasteiger partial charge in [0, 0.05) is 24.9 Å². The summed E-state index contributed by atoms with van der Waals surface area (Å²) >= 11 is 1.71. The molecule has 0 amide bonds. The number of ether oxygens (including phenoxy) is 1. The number of hydrogen-bond acceptors (Lipinski definition) is 5. The molecule has 0 aliphatic carbocycles. The Kier molecular flexibility index (Phi) is 12.2. The predicted molar refractivity (Wildman–Crippen MR) is 132 cm³/mol. The number of guanidine groups is 1. The molecule has 0 aliphatic heterocycles. The fourth-order valence-electron chi connectivity index (χ4n) is 2.63. The van der Waals surface area contributed by atoms with Gasteiger partial charge in [-0.15, -0.1) is 35.3 Å². The highest BCUT2D eigenvalue weighted by molar-refractivity contribution is 14.0. The minimum Gasteiger partial charge on any atom is -0.491 e. The minimum atomic E-state index is -0.683. The zero-order valence-corrected chi connectivity index (χ0v) is 20.8. The molecule has 2 rings (SSSR count). The monoisotopic (exact) mass is 532 g/mol. The summed E-state index contributed by atoms with van der Waals surface area (Å²) in [7, 11) is 0. The van der Waals surface area contributed by atoms with Gasteiger partial charge in [0.2, 0.25) is 0 Å². The van der Waals surface area contributed by atoms with Crippen LogP contribution in [0, 0.1) is 0 Å². The molecule has 29 heavy (non-hydrogen) atoms. The zero-order valence-electron chi connectivity index (χ0n) is 17.6. The molecule has 0 saturated carbocycles. The summed E-state index contributed by atoms with van der Waals surface area (Å²) < 4.78 is 5.70. The van der Waals surface area contributed by atoms with E-state index in [0.29, 0.717) is 5.96 Å². The summed E-state index contributed by atoms with van der Waals surface area (Å²) in [6.45, 7) is 9.88. The topological polar surface area (TPSA) is 78.8 Å². The third kappa shape index (κ3) is 9.31. The number of rotatable bonds is 10. The predicted octanol–water partition coefficient (Wildman–Crippen LogP) is 3.94. The summed E-state index contributed by atoms with van der Waals surface area (Å²) in [6.07, 6.45) is 1.24. The number of aliphatic hydroxyl groups excluding tert-OH is 1. The number of halogens is 1. The number of hydrogen-bond donors (Lipinski definition) is 3. The third-order valence-electron chi connectivity index (χ3n) is 3.96. The van der Waals surface area contributed by atoms with Gasteiger partial charge in [-0.2, -0.15) is 0 Å². The second kappa shape index (κ2) is 13.8. The van der Waals surface area contributed by atoms with E-state index in [1.165, 1.54) is 5.01 Å². The van der Waals surface area contributed by atoms with Crippen molar-refractivity contribution in [3.8, 4) is 5.75 Å². The molecule has 0 aliphatic rings. The van der Waals surface area contributed by atoms with Crippen LogP contribution in [0.25, 0.3) is 0 Å². The second-order valence-electron chi connectivity index (χ2n) is 6.74. The number of nitrogens with zero attached hydrogens (tertiary/aromatic N) is 2. The maximum Gasteiger partial charge on any atom is 0.191 e. The normalized spacial score (nSPS) is 12.4. The molecule has 3 N–H and O–H groups in total. The molecule has 162 valence electrons. The Hall–Kier alpha value is -1.39. The fourth-order valence-corrected chi connectivity index (χ4v) is 3.41. The van der Waals surface area contributed by atoms with Crippen LogP contribution >= 0.6 is 35.3 Å². The number of aryl methyl sites for hydroxylation is 1. The Bertz CT molecular complexity index is 752. The van der Waals surface area contributed by atoms with Gasteiger partial charge in [0.1, 0.15) is 5.75 Å². The molecule has 0 fully saturated rings. The standard InChI is InChI=1S/C21H32N4O2S.HI/c1-5-20-25-17(14-28-20)10-11-23-21(22-6-2)24-13-19(26)16-8-7-9-18(12-16)27-15(3)4;/h7-9,12,14-15,19,26H,5-6,10-11,13H2,1-4H3,(H2,22,23,24);1H. The van der Waals surface area contributed by atoms with Gasteiger partial charge >= 0.3 is 0 Å². The lowest BCUT2D eigenvalue weighted by Gasteiger charge is -2.15. The Balaban J connectivity index is 0.00000420. The first-order chi connectivity index (χ1) is 13.5. The van der Waals surface area contributed by atoms with Crippen LogP contribution in [0.2, 0.25) is 0 Å². The average Bonchev–Trinajstić information content (AvgIpc) is 3.13. The lowest BCUT2D eigenvalue weighted by atomic mass is 10.1. The highest BCUT2D eigenvalue weighted by Gasteiger charge is 2.09. The Labute approximate surface area is 195 Å². The molecule has 6 nitrogen and oxygen atoms in total. The molecule has 0 radical (unpaired) electrons. The number of aliphatic hydroxyl groups is 1. The number of aliphatic imine (C=N–C) groups is 1. The van der Waals surface area contributed by atoms with Gasteiger partial charge in [-0.05, 0) is 44.9 Å². The van der Waals surface area contributed by atoms with E-state index in [9.17, 15) is 5.11 Å². The molecule has 1 unspecified atom stereocenters. The van der Waals surface area contributed by atoms with Crippen molar-refractivity contribution in [1.29, 1.82) is 0 Å². The van der Waals surface area contributed by atoms with E-state index in [2.05, 4.69) is 32.9 Å². The molecule has 1 aromatic carbocycles. The summed E-state index contributed by atoms with van der Waals surface area (Å²) in [4.78, 5) is 9.10. The van der Waals surface area contributed by atoms with Crippen molar-refractivity contribution in [3.05, 3.63) is 45.9 Å². The molecule has 1 atom stereocenters. The van der Waals surface area contributed by atoms with E-state index in [0.717, 1.165) is 42.9 Å². The highest BCUT2D eigenvalue weighted by atomic mass is 127. The minimum absolute atomic E-state index is 0. The Morgan fingerprint density at radius 1 is 1.28 bits per heavy atom. The molecule has 2 aromatic rings. The molecule has 0 bridgehead atoms.